The Morgan fingerprint density at radius 1 is 1.50 bits per heavy atom. The second-order valence-electron chi connectivity index (χ2n) is 3.03. The molecule has 1 aliphatic heterocycles. The summed E-state index contributed by atoms with van der Waals surface area (Å²) in [6.45, 7) is 0. The van der Waals surface area contributed by atoms with Gasteiger partial charge in [-0.05, 0) is 22.0 Å². The Balaban J connectivity index is 2.23. The van der Waals surface area contributed by atoms with Crippen molar-refractivity contribution < 1.29 is 9.53 Å². The third-order valence-electron chi connectivity index (χ3n) is 1.98. The Labute approximate surface area is 89.9 Å². The lowest BCUT2D eigenvalue weighted by atomic mass is 10.0. The molecule has 0 N–H and O–H groups in total. The summed E-state index contributed by atoms with van der Waals surface area (Å²) in [5.74, 6) is 0.0845. The van der Waals surface area contributed by atoms with Crippen LogP contribution in [0.1, 0.15) is 18.1 Å². The van der Waals surface area contributed by atoms with Crippen LogP contribution in [0.4, 0.5) is 0 Å². The summed E-state index contributed by atoms with van der Waals surface area (Å²) < 4.78 is 6.22. The molecule has 1 unspecified atom stereocenters. The van der Waals surface area contributed by atoms with Gasteiger partial charge in [0.25, 0.3) is 0 Å². The Morgan fingerprint density at radius 2 is 2.36 bits per heavy atom. The zero-order valence-electron chi connectivity index (χ0n) is 7.31. The van der Waals surface area contributed by atoms with E-state index >= 15 is 0 Å². The number of hydrogen-bond donors (Lipinski definition) is 0. The van der Waals surface area contributed by atoms with Gasteiger partial charge in [0.2, 0.25) is 0 Å². The molecule has 4 heteroatoms. The number of pyridine rings is 1. The van der Waals surface area contributed by atoms with Crippen molar-refractivity contribution in [1.82, 2.24) is 4.98 Å². The van der Waals surface area contributed by atoms with E-state index in [1.54, 1.807) is 12.4 Å². The molecule has 14 heavy (non-hydrogen) atoms. The molecular formula is C10H8BrNO2. The van der Waals surface area contributed by atoms with Gasteiger partial charge in [0.1, 0.15) is 6.10 Å². The van der Waals surface area contributed by atoms with Crippen LogP contribution in [0.15, 0.2) is 35.3 Å². The van der Waals surface area contributed by atoms with Crippen LogP contribution in [-0.4, -0.2) is 10.8 Å². The maximum absolute atomic E-state index is 11.1. The van der Waals surface area contributed by atoms with Crippen molar-refractivity contribution in [3.8, 4) is 0 Å². The SMILES string of the molecule is O=C1C=COC(c2cncc(Br)c2)C1. The molecule has 1 aliphatic rings. The van der Waals surface area contributed by atoms with E-state index in [0.29, 0.717) is 6.42 Å². The summed E-state index contributed by atoms with van der Waals surface area (Å²) in [6, 6.07) is 1.91. The lowest BCUT2D eigenvalue weighted by Gasteiger charge is -2.18. The fourth-order valence-corrected chi connectivity index (χ4v) is 1.69. The monoisotopic (exact) mass is 253 g/mol. The molecule has 72 valence electrons. The molecule has 0 fully saturated rings. The van der Waals surface area contributed by atoms with E-state index in [0.717, 1.165) is 10.0 Å². The highest BCUT2D eigenvalue weighted by atomic mass is 79.9. The molecule has 1 aromatic heterocycles. The number of aromatic nitrogens is 1. The number of hydrogen-bond acceptors (Lipinski definition) is 3. The van der Waals surface area contributed by atoms with E-state index < -0.39 is 0 Å². The smallest absolute Gasteiger partial charge is 0.162 e. The minimum absolute atomic E-state index is 0.0845. The Kier molecular flexibility index (Phi) is 2.63. The zero-order chi connectivity index (χ0) is 9.97. The first-order valence-electron chi connectivity index (χ1n) is 4.21. The highest BCUT2D eigenvalue weighted by Gasteiger charge is 2.18. The number of nitrogens with zero attached hydrogens (tertiary/aromatic N) is 1. The third kappa shape index (κ3) is 2.01. The highest BCUT2D eigenvalue weighted by molar-refractivity contribution is 9.10. The van der Waals surface area contributed by atoms with Crippen molar-refractivity contribution in [3.63, 3.8) is 0 Å². The summed E-state index contributed by atoms with van der Waals surface area (Å²) >= 11 is 3.32. The average molecular weight is 254 g/mol. The van der Waals surface area contributed by atoms with Gasteiger partial charge in [-0.15, -0.1) is 0 Å². The van der Waals surface area contributed by atoms with Gasteiger partial charge >= 0.3 is 0 Å². The van der Waals surface area contributed by atoms with Crippen molar-refractivity contribution >= 4 is 21.7 Å². The van der Waals surface area contributed by atoms with E-state index in [1.165, 1.54) is 12.3 Å². The minimum Gasteiger partial charge on any atom is -0.493 e. The maximum atomic E-state index is 11.1. The number of allylic oxidation sites excluding steroid dienone is 1. The summed E-state index contributed by atoms with van der Waals surface area (Å²) in [5, 5.41) is 0. The van der Waals surface area contributed by atoms with Gasteiger partial charge in [0.05, 0.1) is 12.7 Å². The van der Waals surface area contributed by atoms with Gasteiger partial charge in [-0.3, -0.25) is 9.78 Å². The van der Waals surface area contributed by atoms with Gasteiger partial charge < -0.3 is 4.74 Å². The molecule has 1 aromatic rings. The topological polar surface area (TPSA) is 39.2 Å². The fraction of sp³-hybridized carbons (Fsp3) is 0.200. The molecule has 2 heterocycles. The van der Waals surface area contributed by atoms with Crippen LogP contribution in [-0.2, 0) is 9.53 Å². The Bertz CT molecular complexity index is 389. The zero-order valence-corrected chi connectivity index (χ0v) is 8.90. The van der Waals surface area contributed by atoms with Crippen LogP contribution < -0.4 is 0 Å². The number of carbonyl (C=O) groups excluding carboxylic acids is 1. The molecular weight excluding hydrogens is 246 g/mol. The van der Waals surface area contributed by atoms with Gasteiger partial charge in [-0.1, -0.05) is 0 Å². The van der Waals surface area contributed by atoms with Crippen LogP contribution in [0.25, 0.3) is 0 Å². The highest BCUT2D eigenvalue weighted by Crippen LogP contribution is 2.26. The molecule has 0 aliphatic carbocycles. The standard InChI is InChI=1S/C10H8BrNO2/c11-8-3-7(5-12-6-8)10-4-9(13)1-2-14-10/h1-3,5-6,10H,4H2. The minimum atomic E-state index is -0.197. The molecule has 0 saturated carbocycles. The van der Waals surface area contributed by atoms with Gasteiger partial charge in [0, 0.05) is 28.5 Å². The predicted octanol–water partition coefficient (Wildman–Crippen LogP) is 2.39. The van der Waals surface area contributed by atoms with Crippen LogP contribution in [0.2, 0.25) is 0 Å². The van der Waals surface area contributed by atoms with E-state index in [1.807, 2.05) is 6.07 Å². The number of carbonyl (C=O) groups is 1. The van der Waals surface area contributed by atoms with Crippen LogP contribution in [0.3, 0.4) is 0 Å². The number of ketones is 1. The molecule has 0 spiro atoms. The molecule has 1 atom stereocenters. The van der Waals surface area contributed by atoms with Crippen LogP contribution in [0, 0.1) is 0 Å². The van der Waals surface area contributed by atoms with Crippen molar-refractivity contribution in [1.29, 1.82) is 0 Å². The molecule has 0 radical (unpaired) electrons. The van der Waals surface area contributed by atoms with Crippen molar-refractivity contribution in [2.45, 2.75) is 12.5 Å². The normalized spacial score (nSPS) is 20.6. The molecule has 0 bridgehead atoms. The van der Waals surface area contributed by atoms with E-state index in [9.17, 15) is 4.79 Å². The molecule has 2 rings (SSSR count). The second kappa shape index (κ2) is 3.92. The molecule has 0 amide bonds. The van der Waals surface area contributed by atoms with E-state index in [-0.39, 0.29) is 11.9 Å². The van der Waals surface area contributed by atoms with E-state index in [2.05, 4.69) is 20.9 Å². The molecule has 0 saturated heterocycles. The van der Waals surface area contributed by atoms with Gasteiger partial charge in [-0.25, -0.2) is 0 Å². The average Bonchev–Trinajstić information content (AvgIpc) is 2.18. The first-order chi connectivity index (χ1) is 6.75. The first-order valence-corrected chi connectivity index (χ1v) is 5.00. The third-order valence-corrected chi connectivity index (χ3v) is 2.41. The second-order valence-corrected chi connectivity index (χ2v) is 3.95. The number of rotatable bonds is 1. The van der Waals surface area contributed by atoms with Crippen molar-refractivity contribution in [2.75, 3.05) is 0 Å². The maximum Gasteiger partial charge on any atom is 0.162 e. The predicted molar refractivity (Wildman–Crippen MR) is 54.5 cm³/mol. The summed E-state index contributed by atoms with van der Waals surface area (Å²) in [6.07, 6.45) is 6.48. The number of ether oxygens (including phenoxy) is 1. The van der Waals surface area contributed by atoms with Gasteiger partial charge in [-0.2, -0.15) is 0 Å². The lowest BCUT2D eigenvalue weighted by Crippen LogP contribution is -2.11. The van der Waals surface area contributed by atoms with E-state index in [4.69, 9.17) is 4.74 Å². The van der Waals surface area contributed by atoms with Crippen molar-refractivity contribution in [2.24, 2.45) is 0 Å². The number of halogens is 1. The Morgan fingerprint density at radius 3 is 3.07 bits per heavy atom. The van der Waals surface area contributed by atoms with Crippen LogP contribution >= 0.6 is 15.9 Å². The summed E-state index contributed by atoms with van der Waals surface area (Å²) in [7, 11) is 0. The largest absolute Gasteiger partial charge is 0.493 e. The Hall–Kier alpha value is -1.16. The lowest BCUT2D eigenvalue weighted by molar-refractivity contribution is -0.118. The quantitative estimate of drug-likeness (QED) is 0.772. The first kappa shape index (κ1) is 9.40. The van der Waals surface area contributed by atoms with Crippen LogP contribution in [0.5, 0.6) is 0 Å². The fourth-order valence-electron chi connectivity index (χ4n) is 1.31. The molecule has 3 nitrogen and oxygen atoms in total. The van der Waals surface area contributed by atoms with Gasteiger partial charge in [0.15, 0.2) is 5.78 Å². The van der Waals surface area contributed by atoms with Crippen molar-refractivity contribution in [3.05, 3.63) is 40.8 Å². The summed E-state index contributed by atoms with van der Waals surface area (Å²) in [4.78, 5) is 15.2. The summed E-state index contributed by atoms with van der Waals surface area (Å²) in [5.41, 5.74) is 0.914. The molecule has 0 aromatic carbocycles.